The van der Waals surface area contributed by atoms with Gasteiger partial charge in [0, 0.05) is 23.2 Å². The Morgan fingerprint density at radius 1 is 1.17 bits per heavy atom. The number of nitrogens with zero attached hydrogens (tertiary/aromatic N) is 1. The van der Waals surface area contributed by atoms with Crippen molar-refractivity contribution in [3.63, 3.8) is 0 Å². The van der Waals surface area contributed by atoms with Crippen molar-refractivity contribution in [1.82, 2.24) is 0 Å². The van der Waals surface area contributed by atoms with Gasteiger partial charge in [0.25, 0.3) is 0 Å². The van der Waals surface area contributed by atoms with E-state index < -0.39 is 0 Å². The van der Waals surface area contributed by atoms with E-state index in [9.17, 15) is 4.79 Å². The molecular formula is C19H19NO3. The molecule has 0 N–H and O–H groups in total. The van der Waals surface area contributed by atoms with Gasteiger partial charge in [-0.2, -0.15) is 0 Å². The van der Waals surface area contributed by atoms with Crippen LogP contribution in [-0.2, 0) is 11.2 Å². The molecule has 0 atom stereocenters. The maximum Gasteiger partial charge on any atom is 0.231 e. The second kappa shape index (κ2) is 6.57. The third kappa shape index (κ3) is 3.06. The first-order valence-corrected chi connectivity index (χ1v) is 7.62. The van der Waals surface area contributed by atoms with E-state index in [0.717, 1.165) is 28.0 Å². The van der Waals surface area contributed by atoms with Gasteiger partial charge in [0.05, 0.1) is 19.8 Å². The summed E-state index contributed by atoms with van der Waals surface area (Å²) in [7, 11) is 1.63. The van der Waals surface area contributed by atoms with Crippen LogP contribution in [0.25, 0.3) is 11.0 Å². The van der Waals surface area contributed by atoms with Crippen LogP contribution < -0.4 is 9.64 Å². The van der Waals surface area contributed by atoms with Crippen molar-refractivity contribution >= 4 is 22.6 Å². The number of likely N-dealkylation sites (N-methyl/N-ethyl adjacent to an activating group) is 1. The van der Waals surface area contributed by atoms with Gasteiger partial charge in [0.2, 0.25) is 5.91 Å². The largest absolute Gasteiger partial charge is 0.497 e. The number of carbonyl (C=O) groups excluding carboxylic acids is 1. The topological polar surface area (TPSA) is 42.7 Å². The molecule has 4 heteroatoms. The molecule has 0 aliphatic rings. The summed E-state index contributed by atoms with van der Waals surface area (Å²) >= 11 is 0. The van der Waals surface area contributed by atoms with Gasteiger partial charge in [0.15, 0.2) is 0 Å². The van der Waals surface area contributed by atoms with Gasteiger partial charge in [-0.25, -0.2) is 0 Å². The number of methoxy groups -OCH3 is 1. The fourth-order valence-corrected chi connectivity index (χ4v) is 2.69. The molecule has 1 heterocycles. The van der Waals surface area contributed by atoms with Crippen molar-refractivity contribution in [2.75, 3.05) is 18.6 Å². The molecule has 1 aromatic heterocycles. The normalized spacial score (nSPS) is 10.7. The van der Waals surface area contributed by atoms with E-state index in [1.807, 2.05) is 55.5 Å². The molecule has 118 valence electrons. The van der Waals surface area contributed by atoms with Gasteiger partial charge in [-0.05, 0) is 37.3 Å². The lowest BCUT2D eigenvalue weighted by molar-refractivity contribution is -0.117. The Labute approximate surface area is 135 Å². The van der Waals surface area contributed by atoms with Crippen LogP contribution in [-0.4, -0.2) is 19.6 Å². The van der Waals surface area contributed by atoms with Crippen LogP contribution in [0.4, 0.5) is 5.69 Å². The quantitative estimate of drug-likeness (QED) is 0.714. The van der Waals surface area contributed by atoms with Gasteiger partial charge in [-0.3, -0.25) is 4.79 Å². The van der Waals surface area contributed by atoms with E-state index in [1.54, 1.807) is 18.3 Å². The molecule has 2 aromatic carbocycles. The third-order valence-electron chi connectivity index (χ3n) is 3.89. The minimum atomic E-state index is 0.0456. The zero-order valence-corrected chi connectivity index (χ0v) is 13.3. The van der Waals surface area contributed by atoms with E-state index in [4.69, 9.17) is 9.15 Å². The Kier molecular flexibility index (Phi) is 4.33. The zero-order valence-electron chi connectivity index (χ0n) is 13.3. The fraction of sp³-hybridized carbons (Fsp3) is 0.211. The summed E-state index contributed by atoms with van der Waals surface area (Å²) in [5.74, 6) is 0.798. The highest BCUT2D eigenvalue weighted by Gasteiger charge is 2.17. The van der Waals surface area contributed by atoms with Crippen LogP contribution >= 0.6 is 0 Å². The summed E-state index contributed by atoms with van der Waals surface area (Å²) in [6, 6.07) is 15.3. The van der Waals surface area contributed by atoms with E-state index >= 15 is 0 Å². The Morgan fingerprint density at radius 3 is 2.65 bits per heavy atom. The molecule has 4 nitrogen and oxygen atoms in total. The van der Waals surface area contributed by atoms with Crippen molar-refractivity contribution in [2.45, 2.75) is 13.3 Å². The number of carbonyl (C=O) groups is 1. The van der Waals surface area contributed by atoms with Crippen molar-refractivity contribution in [1.29, 1.82) is 0 Å². The highest BCUT2D eigenvalue weighted by Crippen LogP contribution is 2.27. The highest BCUT2D eigenvalue weighted by molar-refractivity contribution is 5.97. The minimum absolute atomic E-state index is 0.0456. The molecule has 0 aliphatic heterocycles. The average molecular weight is 309 g/mol. The first kappa shape index (κ1) is 15.2. The molecular weight excluding hydrogens is 290 g/mol. The Bertz CT molecular complexity index is 808. The van der Waals surface area contributed by atoms with E-state index in [1.165, 1.54) is 0 Å². The second-order valence-corrected chi connectivity index (χ2v) is 5.27. The summed E-state index contributed by atoms with van der Waals surface area (Å²) < 4.78 is 10.8. The summed E-state index contributed by atoms with van der Waals surface area (Å²) in [5.41, 5.74) is 2.54. The van der Waals surface area contributed by atoms with Crippen molar-refractivity contribution in [3.8, 4) is 5.75 Å². The molecule has 3 rings (SSSR count). The number of hydrogen-bond acceptors (Lipinski definition) is 3. The second-order valence-electron chi connectivity index (χ2n) is 5.27. The van der Waals surface area contributed by atoms with Gasteiger partial charge < -0.3 is 14.1 Å². The molecule has 0 saturated carbocycles. The summed E-state index contributed by atoms with van der Waals surface area (Å²) in [5, 5.41) is 0.918. The van der Waals surface area contributed by atoms with Gasteiger partial charge in [0.1, 0.15) is 11.3 Å². The molecule has 0 spiro atoms. The van der Waals surface area contributed by atoms with Gasteiger partial charge in [-0.15, -0.1) is 0 Å². The fourth-order valence-electron chi connectivity index (χ4n) is 2.69. The SMILES string of the molecule is CCN(C(=O)Cc1coc2ccc(OC)cc12)c1ccccc1. The number of benzene rings is 2. The maximum absolute atomic E-state index is 12.7. The predicted molar refractivity (Wildman–Crippen MR) is 90.9 cm³/mol. The average Bonchev–Trinajstić information content (AvgIpc) is 2.98. The number of rotatable bonds is 5. The van der Waals surface area contributed by atoms with Crippen LogP contribution in [0.2, 0.25) is 0 Å². The van der Waals surface area contributed by atoms with E-state index in [0.29, 0.717) is 13.0 Å². The highest BCUT2D eigenvalue weighted by atomic mass is 16.5. The first-order valence-electron chi connectivity index (χ1n) is 7.62. The molecule has 0 aliphatic carbocycles. The number of amides is 1. The molecule has 0 unspecified atom stereocenters. The summed E-state index contributed by atoms with van der Waals surface area (Å²) in [6.07, 6.45) is 1.95. The van der Waals surface area contributed by atoms with Crippen molar-refractivity contribution in [2.24, 2.45) is 0 Å². The molecule has 1 amide bonds. The Morgan fingerprint density at radius 2 is 1.96 bits per heavy atom. The lowest BCUT2D eigenvalue weighted by Crippen LogP contribution is -2.31. The number of ether oxygens (including phenoxy) is 1. The van der Waals surface area contributed by atoms with Crippen LogP contribution in [0.1, 0.15) is 12.5 Å². The number of para-hydroxylation sites is 1. The van der Waals surface area contributed by atoms with Crippen LogP contribution in [0.3, 0.4) is 0 Å². The number of furan rings is 1. The number of anilines is 1. The number of fused-ring (bicyclic) bond motifs is 1. The first-order chi connectivity index (χ1) is 11.2. The summed E-state index contributed by atoms with van der Waals surface area (Å²) in [6.45, 7) is 2.60. The Hall–Kier alpha value is -2.75. The van der Waals surface area contributed by atoms with Crippen LogP contribution in [0.15, 0.2) is 59.2 Å². The molecule has 0 saturated heterocycles. The molecule has 23 heavy (non-hydrogen) atoms. The maximum atomic E-state index is 12.7. The molecule has 0 fully saturated rings. The lowest BCUT2D eigenvalue weighted by Gasteiger charge is -2.20. The molecule has 3 aromatic rings. The van der Waals surface area contributed by atoms with Crippen LogP contribution in [0.5, 0.6) is 5.75 Å². The third-order valence-corrected chi connectivity index (χ3v) is 3.89. The molecule has 0 radical (unpaired) electrons. The van der Waals surface area contributed by atoms with Crippen molar-refractivity contribution in [3.05, 3.63) is 60.4 Å². The van der Waals surface area contributed by atoms with Gasteiger partial charge in [-0.1, -0.05) is 18.2 Å². The standard InChI is InChI=1S/C19H19NO3/c1-3-20(15-7-5-4-6-8-15)19(21)11-14-13-23-18-10-9-16(22-2)12-17(14)18/h4-10,12-13H,3,11H2,1-2H3. The molecule has 0 bridgehead atoms. The summed E-state index contributed by atoms with van der Waals surface area (Å²) in [4.78, 5) is 14.5. The zero-order chi connectivity index (χ0) is 16.2. The van der Waals surface area contributed by atoms with E-state index in [-0.39, 0.29) is 5.91 Å². The lowest BCUT2D eigenvalue weighted by atomic mass is 10.1. The number of hydrogen-bond donors (Lipinski definition) is 0. The monoisotopic (exact) mass is 309 g/mol. The minimum Gasteiger partial charge on any atom is -0.497 e. The Balaban J connectivity index is 1.87. The van der Waals surface area contributed by atoms with Crippen LogP contribution in [0, 0.1) is 0 Å². The smallest absolute Gasteiger partial charge is 0.231 e. The van der Waals surface area contributed by atoms with E-state index in [2.05, 4.69) is 0 Å². The predicted octanol–water partition coefficient (Wildman–Crippen LogP) is 4.04. The van der Waals surface area contributed by atoms with Crippen molar-refractivity contribution < 1.29 is 13.9 Å². The van der Waals surface area contributed by atoms with Gasteiger partial charge >= 0.3 is 0 Å².